The molecule has 0 rings (SSSR count). The molecular formula is HF7S. The van der Waals surface area contributed by atoms with Crippen molar-refractivity contribution in [3.05, 3.63) is 0 Å². The lowest BCUT2D eigenvalue weighted by Gasteiger charge is -2.28. The second kappa shape index (κ2) is 1.07. The van der Waals surface area contributed by atoms with E-state index in [9.17, 15) is 23.3 Å². The van der Waals surface area contributed by atoms with Crippen LogP contribution in [0.5, 0.6) is 0 Å². The Morgan fingerprint density at radius 3 is 0.625 bits per heavy atom. The maximum absolute atomic E-state index is 10.5. The van der Waals surface area contributed by atoms with Crippen LogP contribution in [-0.4, -0.2) is 0 Å². The van der Waals surface area contributed by atoms with Crippen LogP contribution >= 0.6 is 10.6 Å². The molecular weight excluding hydrogens is 165 g/mol. The summed E-state index contributed by atoms with van der Waals surface area (Å²) < 4.78 is 59.1. The lowest BCUT2D eigenvalue weighted by Crippen LogP contribution is -1.92. The van der Waals surface area contributed by atoms with Gasteiger partial charge in [0, 0.05) is 0 Å². The predicted molar refractivity (Wildman–Crippen MR) is 16.7 cm³/mol. The summed E-state index contributed by atoms with van der Waals surface area (Å²) in [6.45, 7) is 0. The third kappa shape index (κ3) is 7060. The molecule has 0 N–H and O–H groups in total. The molecule has 0 amide bonds. The highest BCUT2D eigenvalue weighted by atomic mass is 32.5. The molecule has 0 saturated heterocycles. The van der Waals surface area contributed by atoms with Gasteiger partial charge in [-0.1, -0.05) is 23.3 Å². The standard InChI is InChI=1S/F6S.FH/c1-7(2,3,4,5)6;/h;1H. The maximum Gasteiger partial charge on any atom is 0.431 e. The van der Waals surface area contributed by atoms with E-state index < -0.39 is 10.6 Å². The van der Waals surface area contributed by atoms with Crippen molar-refractivity contribution in [3.8, 4) is 0 Å². The number of hydrogen-bond acceptors (Lipinski definition) is 0. The van der Waals surface area contributed by atoms with Crippen molar-refractivity contribution in [1.82, 2.24) is 0 Å². The van der Waals surface area contributed by atoms with Gasteiger partial charge in [-0.25, -0.2) is 0 Å². The predicted octanol–water partition coefficient (Wildman–Crippen LogP) is 3.32. The highest BCUT2D eigenvalue weighted by Crippen LogP contribution is 2.99. The lowest BCUT2D eigenvalue weighted by atomic mass is 18.6. The van der Waals surface area contributed by atoms with Crippen molar-refractivity contribution in [2.45, 2.75) is 0 Å². The topological polar surface area (TPSA) is 0 Å². The highest BCUT2D eigenvalue weighted by molar-refractivity contribution is 8.41. The molecule has 8 heteroatoms. The van der Waals surface area contributed by atoms with E-state index >= 15 is 0 Å². The molecule has 0 nitrogen and oxygen atoms in total. The Bertz CT molecular complexity index is 63.0. The van der Waals surface area contributed by atoms with Gasteiger partial charge in [-0.2, -0.15) is 0 Å². The largest absolute Gasteiger partial charge is 0.431 e. The van der Waals surface area contributed by atoms with Crippen molar-refractivity contribution in [2.75, 3.05) is 0 Å². The van der Waals surface area contributed by atoms with E-state index in [1.807, 2.05) is 0 Å². The molecule has 0 heterocycles. The molecule has 56 valence electrons. The van der Waals surface area contributed by atoms with E-state index in [4.69, 9.17) is 0 Å². The smallest absolute Gasteiger partial charge is 0.269 e. The van der Waals surface area contributed by atoms with Gasteiger partial charge in [0.25, 0.3) is 0 Å². The molecule has 0 saturated carbocycles. The van der Waals surface area contributed by atoms with Crippen LogP contribution in [0.2, 0.25) is 0 Å². The third-order valence-electron chi connectivity index (χ3n) is 0. The van der Waals surface area contributed by atoms with E-state index in [1.165, 1.54) is 0 Å². The van der Waals surface area contributed by atoms with E-state index in [1.54, 1.807) is 0 Å². The fourth-order valence-corrected chi connectivity index (χ4v) is 0. The minimum absolute atomic E-state index is 0. The van der Waals surface area contributed by atoms with Crippen LogP contribution in [0.3, 0.4) is 0 Å². The van der Waals surface area contributed by atoms with Crippen LogP contribution in [0.1, 0.15) is 0 Å². The van der Waals surface area contributed by atoms with E-state index in [2.05, 4.69) is 0 Å². The summed E-state index contributed by atoms with van der Waals surface area (Å²) >= 11 is 0. The summed E-state index contributed by atoms with van der Waals surface area (Å²) in [5.41, 5.74) is 0. The van der Waals surface area contributed by atoms with Gasteiger partial charge in [0.1, 0.15) is 0 Å². The molecule has 8 heavy (non-hydrogen) atoms. The Morgan fingerprint density at radius 2 is 0.625 bits per heavy atom. The highest BCUT2D eigenvalue weighted by Gasteiger charge is 2.64. The Hall–Kier alpha value is -0.140. The quantitative estimate of drug-likeness (QED) is 0.484. The molecule has 0 spiro atoms. The molecule has 0 radical (unpaired) electrons. The zero-order chi connectivity index (χ0) is 6.41. The van der Waals surface area contributed by atoms with Crippen LogP contribution < -0.4 is 0 Å². The minimum Gasteiger partial charge on any atom is -0.269 e. The van der Waals surface area contributed by atoms with Crippen molar-refractivity contribution in [3.63, 3.8) is 0 Å². The zero-order valence-corrected chi connectivity index (χ0v) is 3.90. The van der Waals surface area contributed by atoms with Crippen molar-refractivity contribution in [2.24, 2.45) is 0 Å². The fourth-order valence-electron chi connectivity index (χ4n) is 0. The monoisotopic (exact) mass is 166 g/mol. The van der Waals surface area contributed by atoms with Gasteiger partial charge in [0.2, 0.25) is 0 Å². The van der Waals surface area contributed by atoms with Gasteiger partial charge >= 0.3 is 10.6 Å². The van der Waals surface area contributed by atoms with Crippen molar-refractivity contribution in [1.29, 1.82) is 0 Å². The molecule has 0 unspecified atom stereocenters. The van der Waals surface area contributed by atoms with Crippen LogP contribution in [-0.2, 0) is 0 Å². The summed E-state index contributed by atoms with van der Waals surface area (Å²) in [6.07, 6.45) is 0. The number of rotatable bonds is 0. The summed E-state index contributed by atoms with van der Waals surface area (Å²) in [5, 5.41) is 0. The van der Waals surface area contributed by atoms with Crippen LogP contribution in [0.25, 0.3) is 0 Å². The van der Waals surface area contributed by atoms with Crippen molar-refractivity contribution < 1.29 is 28.0 Å². The molecule has 0 atom stereocenters. The van der Waals surface area contributed by atoms with Gasteiger partial charge in [0.15, 0.2) is 0 Å². The number of hydrogen-bond donors (Lipinski definition) is 0. The minimum atomic E-state index is -10.5. The summed E-state index contributed by atoms with van der Waals surface area (Å²) in [4.78, 5) is 0. The van der Waals surface area contributed by atoms with Crippen LogP contribution in [0.4, 0.5) is 28.0 Å². The van der Waals surface area contributed by atoms with Gasteiger partial charge < -0.3 is 0 Å². The van der Waals surface area contributed by atoms with Gasteiger partial charge in [-0.3, -0.25) is 4.70 Å². The van der Waals surface area contributed by atoms with Gasteiger partial charge in [0.05, 0.1) is 0 Å². The maximum atomic E-state index is 9.85. The third-order valence-corrected chi connectivity index (χ3v) is 0. The molecule has 0 aliphatic carbocycles. The Balaban J connectivity index is 0. The molecule has 0 aliphatic rings. The summed E-state index contributed by atoms with van der Waals surface area (Å²) in [6, 6.07) is 0. The Morgan fingerprint density at radius 1 is 0.625 bits per heavy atom. The normalized spacial score (nSPS) is 20.2. The van der Waals surface area contributed by atoms with Crippen molar-refractivity contribution >= 4 is 10.6 Å². The van der Waals surface area contributed by atoms with E-state index in [0.29, 0.717) is 0 Å². The molecule has 0 aromatic carbocycles. The first-order valence-electron chi connectivity index (χ1n) is 0.926. The van der Waals surface area contributed by atoms with Gasteiger partial charge in [-0.05, 0) is 0 Å². The average Bonchev–Trinajstić information content (AvgIpc) is 0.592. The molecule has 0 bridgehead atoms. The second-order valence-electron chi connectivity index (χ2n) is 0.875. The SMILES string of the molecule is F.FS(F)(F)(F)(F)F. The van der Waals surface area contributed by atoms with E-state index in [-0.39, 0.29) is 4.70 Å². The first-order chi connectivity index (χ1) is 2.45. The van der Waals surface area contributed by atoms with E-state index in [0.717, 1.165) is 0 Å². The Labute approximate surface area is 39.9 Å². The molecule has 0 aromatic heterocycles. The van der Waals surface area contributed by atoms with Gasteiger partial charge in [-0.15, -0.1) is 0 Å². The van der Waals surface area contributed by atoms with Crippen LogP contribution in [0, 0.1) is 0 Å². The molecule has 0 fully saturated rings. The molecule has 0 aliphatic heterocycles. The Kier molecular flexibility index (Phi) is 1.44. The number of halogens is 7. The molecule has 0 aromatic rings. The lowest BCUT2D eigenvalue weighted by molar-refractivity contribution is 0.291. The fraction of sp³-hybridized carbons (Fsp3) is 0. The van der Waals surface area contributed by atoms with Crippen LogP contribution in [0.15, 0.2) is 0 Å². The first-order valence-corrected chi connectivity index (χ1v) is 2.78. The first kappa shape index (κ1) is 10.8. The zero-order valence-electron chi connectivity index (χ0n) is 3.08. The summed E-state index contributed by atoms with van der Waals surface area (Å²) in [7, 11) is -10.5. The second-order valence-corrected chi connectivity index (χ2v) is 2.62. The average molecular weight is 166 g/mol. The summed E-state index contributed by atoms with van der Waals surface area (Å²) in [5.74, 6) is 0.